The molecular formula is C26H35FN2O3. The second-order valence-electron chi connectivity index (χ2n) is 8.66. The van der Waals surface area contributed by atoms with Gasteiger partial charge in [0, 0.05) is 6.54 Å². The number of hydrogen-bond donors (Lipinski definition) is 4. The van der Waals surface area contributed by atoms with Crippen molar-refractivity contribution < 1.29 is 19.4 Å². The molecule has 3 rings (SSSR count). The van der Waals surface area contributed by atoms with Crippen molar-refractivity contribution in [1.29, 1.82) is 0 Å². The van der Waals surface area contributed by atoms with Gasteiger partial charge in [-0.3, -0.25) is 4.79 Å². The summed E-state index contributed by atoms with van der Waals surface area (Å²) in [7, 11) is 0. The van der Waals surface area contributed by atoms with E-state index in [1.54, 1.807) is 0 Å². The number of amides is 1. The molecule has 1 aliphatic heterocycles. The van der Waals surface area contributed by atoms with E-state index in [1.807, 2.05) is 67.6 Å². The first kappa shape index (κ1) is 24.4. The molecule has 174 valence electrons. The van der Waals surface area contributed by atoms with E-state index in [-0.39, 0.29) is 17.7 Å². The van der Waals surface area contributed by atoms with E-state index in [0.717, 1.165) is 11.1 Å². The van der Waals surface area contributed by atoms with Gasteiger partial charge in [-0.15, -0.1) is 0 Å². The Kier molecular flexibility index (Phi) is 9.21. The summed E-state index contributed by atoms with van der Waals surface area (Å²) in [5.41, 5.74) is 1.66. The zero-order chi connectivity index (χ0) is 22.9. The number of aliphatic hydroxyl groups is 2. The Morgan fingerprint density at radius 2 is 1.53 bits per heavy atom. The molecule has 0 bridgehead atoms. The molecule has 4 N–H and O–H groups in total. The molecule has 1 amide bonds. The van der Waals surface area contributed by atoms with E-state index in [9.17, 15) is 15.0 Å². The molecule has 0 aliphatic carbocycles. The summed E-state index contributed by atoms with van der Waals surface area (Å²) in [4.78, 5) is 12.4. The summed E-state index contributed by atoms with van der Waals surface area (Å²) in [6.45, 7) is 2.78. The first-order chi connectivity index (χ1) is 15.5. The van der Waals surface area contributed by atoms with Crippen molar-refractivity contribution in [2.45, 2.75) is 57.0 Å². The van der Waals surface area contributed by atoms with Crippen molar-refractivity contribution in [1.82, 2.24) is 10.6 Å². The fraction of sp³-hybridized carbons (Fsp3) is 0.500. The number of alkyl halides is 1. The summed E-state index contributed by atoms with van der Waals surface area (Å²) in [5.74, 6) is -0.724. The minimum absolute atomic E-state index is 0.0305. The van der Waals surface area contributed by atoms with E-state index >= 15 is 4.39 Å². The predicted octanol–water partition coefficient (Wildman–Crippen LogP) is 3.69. The highest BCUT2D eigenvalue weighted by Gasteiger charge is 2.42. The van der Waals surface area contributed by atoms with Crippen LogP contribution in [0.2, 0.25) is 0 Å². The molecular weight excluding hydrogens is 407 g/mol. The Hall–Kier alpha value is -2.28. The van der Waals surface area contributed by atoms with Gasteiger partial charge in [0.25, 0.3) is 0 Å². The van der Waals surface area contributed by atoms with Gasteiger partial charge in [0.2, 0.25) is 5.91 Å². The van der Waals surface area contributed by atoms with Gasteiger partial charge in [-0.2, -0.15) is 0 Å². The topological polar surface area (TPSA) is 81.6 Å². The molecule has 0 radical (unpaired) electrons. The van der Waals surface area contributed by atoms with Crippen molar-refractivity contribution in [3.63, 3.8) is 0 Å². The molecule has 5 nitrogen and oxygen atoms in total. The number of benzene rings is 2. The minimum atomic E-state index is -1.35. The third kappa shape index (κ3) is 6.37. The van der Waals surface area contributed by atoms with E-state index < -0.39 is 24.4 Å². The smallest absolute Gasteiger partial charge is 0.240 e. The van der Waals surface area contributed by atoms with Crippen LogP contribution in [0, 0.1) is 11.8 Å². The van der Waals surface area contributed by atoms with Crippen LogP contribution in [0.4, 0.5) is 4.39 Å². The Morgan fingerprint density at radius 3 is 2.06 bits per heavy atom. The third-order valence-electron chi connectivity index (χ3n) is 6.52. The molecule has 0 spiro atoms. The van der Waals surface area contributed by atoms with Gasteiger partial charge in [0.1, 0.15) is 12.2 Å². The second-order valence-corrected chi connectivity index (χ2v) is 8.66. The van der Waals surface area contributed by atoms with Crippen LogP contribution in [0.3, 0.4) is 0 Å². The lowest BCUT2D eigenvalue weighted by atomic mass is 9.75. The highest BCUT2D eigenvalue weighted by molar-refractivity contribution is 5.82. The van der Waals surface area contributed by atoms with Crippen LogP contribution < -0.4 is 10.6 Å². The monoisotopic (exact) mass is 442 g/mol. The summed E-state index contributed by atoms with van der Waals surface area (Å²) < 4.78 is 15.6. The van der Waals surface area contributed by atoms with Crippen molar-refractivity contribution >= 4 is 5.91 Å². The maximum atomic E-state index is 15.6. The average molecular weight is 443 g/mol. The Balaban J connectivity index is 1.66. The maximum Gasteiger partial charge on any atom is 0.240 e. The Morgan fingerprint density at radius 1 is 1.00 bits per heavy atom. The molecule has 0 aromatic heterocycles. The summed E-state index contributed by atoms with van der Waals surface area (Å²) in [5, 5.41) is 27.0. The zero-order valence-corrected chi connectivity index (χ0v) is 18.7. The lowest BCUT2D eigenvalue weighted by Crippen LogP contribution is -2.59. The molecule has 1 aliphatic rings. The number of likely N-dealkylation sites (N-methyl/N-ethyl adjacent to an activating group) is 1. The standard InChI is InChI=1S/C26H35FN2O3/c1-2-28-26(32)25-24(27)21(14-16-23(31)19-11-7-4-8-12-19)20(17-29-25)13-15-22(30)18-9-5-3-6-10-18/h3-12,20-25,29-31H,2,13-17H2,1H3,(H,28,32)/t20-,21-,22?,23?,24-,25-/m0/s1. The third-order valence-corrected chi connectivity index (χ3v) is 6.52. The average Bonchev–Trinajstić information content (AvgIpc) is 2.83. The molecule has 0 saturated carbocycles. The van der Waals surface area contributed by atoms with Crippen LogP contribution in [-0.2, 0) is 4.79 Å². The number of carbonyl (C=O) groups excluding carboxylic acids is 1. The first-order valence-corrected chi connectivity index (χ1v) is 11.6. The molecule has 1 heterocycles. The van der Waals surface area contributed by atoms with Gasteiger partial charge in [-0.25, -0.2) is 4.39 Å². The van der Waals surface area contributed by atoms with E-state index in [0.29, 0.717) is 38.8 Å². The number of nitrogens with one attached hydrogen (secondary N) is 2. The first-order valence-electron chi connectivity index (χ1n) is 11.6. The highest BCUT2D eigenvalue weighted by Crippen LogP contribution is 2.36. The quantitative estimate of drug-likeness (QED) is 0.452. The summed E-state index contributed by atoms with van der Waals surface area (Å²) >= 11 is 0. The van der Waals surface area contributed by atoms with E-state index in [2.05, 4.69) is 10.6 Å². The van der Waals surface area contributed by atoms with Crippen molar-refractivity contribution in [2.24, 2.45) is 11.8 Å². The number of piperidine rings is 1. The molecule has 2 aromatic rings. The molecule has 6 atom stereocenters. The van der Waals surface area contributed by atoms with Crippen molar-refractivity contribution in [3.8, 4) is 0 Å². The number of rotatable bonds is 10. The van der Waals surface area contributed by atoms with Gasteiger partial charge in [-0.05, 0) is 62.1 Å². The molecule has 1 fully saturated rings. The van der Waals surface area contributed by atoms with Gasteiger partial charge >= 0.3 is 0 Å². The van der Waals surface area contributed by atoms with Crippen LogP contribution in [0.1, 0.15) is 55.9 Å². The van der Waals surface area contributed by atoms with Crippen molar-refractivity contribution in [2.75, 3.05) is 13.1 Å². The van der Waals surface area contributed by atoms with Crippen LogP contribution in [-0.4, -0.2) is 41.4 Å². The van der Waals surface area contributed by atoms with Gasteiger partial charge in [-0.1, -0.05) is 60.7 Å². The molecule has 1 saturated heterocycles. The van der Waals surface area contributed by atoms with Crippen LogP contribution in [0.25, 0.3) is 0 Å². The van der Waals surface area contributed by atoms with Gasteiger partial charge in [0.15, 0.2) is 0 Å². The molecule has 2 unspecified atom stereocenters. The van der Waals surface area contributed by atoms with E-state index in [1.165, 1.54) is 0 Å². The van der Waals surface area contributed by atoms with Gasteiger partial charge in [0.05, 0.1) is 12.2 Å². The summed E-state index contributed by atoms with van der Waals surface area (Å²) in [6.07, 6.45) is -0.569. The normalized spacial score (nSPS) is 25.1. The van der Waals surface area contributed by atoms with Crippen LogP contribution >= 0.6 is 0 Å². The highest BCUT2D eigenvalue weighted by atomic mass is 19.1. The molecule has 6 heteroatoms. The summed E-state index contributed by atoms with van der Waals surface area (Å²) in [6, 6.07) is 18.0. The zero-order valence-electron chi connectivity index (χ0n) is 18.7. The Labute approximate surface area is 190 Å². The number of hydrogen-bond acceptors (Lipinski definition) is 4. The second kappa shape index (κ2) is 12.1. The van der Waals surface area contributed by atoms with E-state index in [4.69, 9.17) is 0 Å². The lowest BCUT2D eigenvalue weighted by molar-refractivity contribution is -0.127. The number of halogens is 1. The largest absolute Gasteiger partial charge is 0.388 e. The SMILES string of the molecule is CCNC(=O)[C@H]1NC[C@H](CCC(O)c2ccccc2)[C@H](CCC(O)c2ccccc2)[C@@H]1F. The van der Waals surface area contributed by atoms with Crippen molar-refractivity contribution in [3.05, 3.63) is 71.8 Å². The van der Waals surface area contributed by atoms with Crippen LogP contribution in [0.5, 0.6) is 0 Å². The Bertz CT molecular complexity index is 820. The predicted molar refractivity (Wildman–Crippen MR) is 124 cm³/mol. The number of aliphatic hydroxyl groups excluding tert-OH is 2. The molecule has 32 heavy (non-hydrogen) atoms. The number of carbonyl (C=O) groups is 1. The molecule has 2 aromatic carbocycles. The van der Waals surface area contributed by atoms with Crippen LogP contribution in [0.15, 0.2) is 60.7 Å². The maximum absolute atomic E-state index is 15.6. The minimum Gasteiger partial charge on any atom is -0.388 e. The fourth-order valence-electron chi connectivity index (χ4n) is 4.69. The fourth-order valence-corrected chi connectivity index (χ4v) is 4.69. The lowest BCUT2D eigenvalue weighted by Gasteiger charge is -2.40. The van der Waals surface area contributed by atoms with Gasteiger partial charge < -0.3 is 20.8 Å².